The normalized spacial score (nSPS) is 13.8. The standard InChI is InChI=1S/C17H23N3O3/c1-4-12(16(22)10(2)3)18-17(23)14-9-13(19-20-14)11-7-5-6-8-15(11)21/h5-10,12,16,21-22H,4H2,1-3H3,(H,18,23)(H,19,20). The Labute approximate surface area is 135 Å². The molecule has 0 fully saturated rings. The van der Waals surface area contributed by atoms with E-state index >= 15 is 0 Å². The molecule has 124 valence electrons. The number of benzene rings is 1. The van der Waals surface area contributed by atoms with Crippen molar-refractivity contribution in [1.82, 2.24) is 15.5 Å². The molecule has 6 heteroatoms. The highest BCUT2D eigenvalue weighted by atomic mass is 16.3. The molecule has 6 nitrogen and oxygen atoms in total. The van der Waals surface area contributed by atoms with Gasteiger partial charge < -0.3 is 15.5 Å². The maximum atomic E-state index is 12.3. The SMILES string of the molecule is CCC(NC(=O)c1cc(-c2ccccc2O)n[nH]1)C(O)C(C)C. The number of para-hydroxylation sites is 1. The summed E-state index contributed by atoms with van der Waals surface area (Å²) >= 11 is 0. The third-order valence-corrected chi connectivity index (χ3v) is 3.85. The summed E-state index contributed by atoms with van der Waals surface area (Å²) in [7, 11) is 0. The number of carbonyl (C=O) groups is 1. The summed E-state index contributed by atoms with van der Waals surface area (Å²) in [6, 6.07) is 8.06. The molecular formula is C17H23N3O3. The molecule has 0 spiro atoms. The summed E-state index contributed by atoms with van der Waals surface area (Å²) in [5.74, 6) is -0.169. The van der Waals surface area contributed by atoms with Crippen LogP contribution in [0.4, 0.5) is 0 Å². The third kappa shape index (κ3) is 3.90. The number of hydrogen-bond donors (Lipinski definition) is 4. The number of aromatic nitrogens is 2. The largest absolute Gasteiger partial charge is 0.507 e. The van der Waals surface area contributed by atoms with E-state index in [1.807, 2.05) is 20.8 Å². The average molecular weight is 317 g/mol. The van der Waals surface area contributed by atoms with Crippen LogP contribution in [-0.4, -0.2) is 38.5 Å². The molecule has 0 saturated heterocycles. The number of H-pyrrole nitrogens is 1. The van der Waals surface area contributed by atoms with Crippen LogP contribution < -0.4 is 5.32 Å². The Balaban J connectivity index is 2.14. The minimum Gasteiger partial charge on any atom is -0.507 e. The molecule has 0 bridgehead atoms. The van der Waals surface area contributed by atoms with Crippen molar-refractivity contribution in [2.75, 3.05) is 0 Å². The molecule has 2 atom stereocenters. The van der Waals surface area contributed by atoms with Crippen LogP contribution >= 0.6 is 0 Å². The third-order valence-electron chi connectivity index (χ3n) is 3.85. The van der Waals surface area contributed by atoms with E-state index in [2.05, 4.69) is 15.5 Å². The van der Waals surface area contributed by atoms with Crippen molar-refractivity contribution >= 4 is 5.91 Å². The van der Waals surface area contributed by atoms with Gasteiger partial charge in [-0.3, -0.25) is 9.89 Å². The van der Waals surface area contributed by atoms with Gasteiger partial charge in [-0.15, -0.1) is 0 Å². The number of aromatic hydroxyl groups is 1. The monoisotopic (exact) mass is 317 g/mol. The number of phenols is 1. The van der Waals surface area contributed by atoms with Crippen LogP contribution in [0, 0.1) is 5.92 Å². The molecule has 23 heavy (non-hydrogen) atoms. The molecule has 2 rings (SSSR count). The predicted molar refractivity (Wildman–Crippen MR) is 88.1 cm³/mol. The number of nitrogens with zero attached hydrogens (tertiary/aromatic N) is 1. The molecule has 0 aliphatic heterocycles. The molecule has 0 aliphatic carbocycles. The molecule has 2 unspecified atom stereocenters. The quantitative estimate of drug-likeness (QED) is 0.657. The summed E-state index contributed by atoms with van der Waals surface area (Å²) in [6.45, 7) is 5.73. The lowest BCUT2D eigenvalue weighted by Crippen LogP contribution is -2.45. The van der Waals surface area contributed by atoms with Crippen molar-refractivity contribution in [3.05, 3.63) is 36.0 Å². The first-order valence-electron chi connectivity index (χ1n) is 7.76. The molecule has 1 aromatic heterocycles. The van der Waals surface area contributed by atoms with E-state index in [9.17, 15) is 15.0 Å². The van der Waals surface area contributed by atoms with Gasteiger partial charge in [-0.2, -0.15) is 5.10 Å². The summed E-state index contributed by atoms with van der Waals surface area (Å²) in [6.07, 6.45) is 0.0236. The van der Waals surface area contributed by atoms with Gasteiger partial charge in [0.05, 0.1) is 17.8 Å². The highest BCUT2D eigenvalue weighted by Crippen LogP contribution is 2.27. The van der Waals surface area contributed by atoms with Gasteiger partial charge in [0, 0.05) is 5.56 Å². The fourth-order valence-electron chi connectivity index (χ4n) is 2.41. The topological polar surface area (TPSA) is 98.2 Å². The first-order chi connectivity index (χ1) is 10.9. The van der Waals surface area contributed by atoms with Gasteiger partial charge in [-0.05, 0) is 30.5 Å². The maximum absolute atomic E-state index is 12.3. The van der Waals surface area contributed by atoms with E-state index in [4.69, 9.17) is 0 Å². The Kier molecular flexibility index (Phi) is 5.39. The van der Waals surface area contributed by atoms with E-state index < -0.39 is 6.10 Å². The summed E-state index contributed by atoms with van der Waals surface area (Å²) in [5.41, 5.74) is 1.33. The number of phenolic OH excluding ortho intramolecular Hbond substituents is 1. The highest BCUT2D eigenvalue weighted by Gasteiger charge is 2.23. The number of aromatic amines is 1. The summed E-state index contributed by atoms with van der Waals surface area (Å²) in [4.78, 5) is 12.3. The number of aliphatic hydroxyl groups excluding tert-OH is 1. The van der Waals surface area contributed by atoms with Crippen LogP contribution in [0.1, 0.15) is 37.7 Å². The average Bonchev–Trinajstić information content (AvgIpc) is 3.02. The van der Waals surface area contributed by atoms with Crippen molar-refractivity contribution in [3.8, 4) is 17.0 Å². The van der Waals surface area contributed by atoms with Crippen LogP contribution in [0.2, 0.25) is 0 Å². The fourth-order valence-corrected chi connectivity index (χ4v) is 2.41. The highest BCUT2D eigenvalue weighted by molar-refractivity contribution is 5.93. The minimum atomic E-state index is -0.607. The Bertz CT molecular complexity index is 667. The molecule has 0 aliphatic rings. The maximum Gasteiger partial charge on any atom is 0.269 e. The van der Waals surface area contributed by atoms with Gasteiger partial charge in [-0.1, -0.05) is 32.9 Å². The van der Waals surface area contributed by atoms with Crippen molar-refractivity contribution in [3.63, 3.8) is 0 Å². The van der Waals surface area contributed by atoms with Gasteiger partial charge in [0.15, 0.2) is 0 Å². The molecule has 1 amide bonds. The number of carbonyl (C=O) groups excluding carboxylic acids is 1. The van der Waals surface area contributed by atoms with Gasteiger partial charge in [0.1, 0.15) is 11.4 Å². The number of rotatable bonds is 6. The predicted octanol–water partition coefficient (Wildman–Crippen LogP) is 2.31. The van der Waals surface area contributed by atoms with Crippen LogP contribution in [0.3, 0.4) is 0 Å². The molecular weight excluding hydrogens is 294 g/mol. The Morgan fingerprint density at radius 3 is 2.65 bits per heavy atom. The zero-order chi connectivity index (χ0) is 17.0. The minimum absolute atomic E-state index is 0.0545. The van der Waals surface area contributed by atoms with Crippen molar-refractivity contribution in [2.45, 2.75) is 39.3 Å². The van der Waals surface area contributed by atoms with Gasteiger partial charge in [0.2, 0.25) is 0 Å². The van der Waals surface area contributed by atoms with E-state index in [-0.39, 0.29) is 29.3 Å². The van der Waals surface area contributed by atoms with Crippen LogP contribution in [0.15, 0.2) is 30.3 Å². The lowest BCUT2D eigenvalue weighted by Gasteiger charge is -2.25. The Morgan fingerprint density at radius 2 is 2.04 bits per heavy atom. The van der Waals surface area contributed by atoms with E-state index in [0.717, 1.165) is 0 Å². The zero-order valence-electron chi connectivity index (χ0n) is 13.6. The number of amides is 1. The second-order valence-electron chi connectivity index (χ2n) is 5.91. The zero-order valence-corrected chi connectivity index (χ0v) is 13.6. The lowest BCUT2D eigenvalue weighted by molar-refractivity contribution is 0.0675. The van der Waals surface area contributed by atoms with Crippen LogP contribution in [0.5, 0.6) is 5.75 Å². The van der Waals surface area contributed by atoms with Gasteiger partial charge in [-0.25, -0.2) is 0 Å². The molecule has 1 aromatic carbocycles. The first-order valence-corrected chi connectivity index (χ1v) is 7.76. The van der Waals surface area contributed by atoms with Crippen molar-refractivity contribution < 1.29 is 15.0 Å². The molecule has 2 aromatic rings. The van der Waals surface area contributed by atoms with Crippen molar-refractivity contribution in [2.24, 2.45) is 5.92 Å². The molecule has 1 heterocycles. The number of hydrogen-bond acceptors (Lipinski definition) is 4. The van der Waals surface area contributed by atoms with Crippen molar-refractivity contribution in [1.29, 1.82) is 0 Å². The number of aliphatic hydroxyl groups is 1. The lowest BCUT2D eigenvalue weighted by atomic mass is 9.97. The first kappa shape index (κ1) is 17.0. The molecule has 0 saturated carbocycles. The van der Waals surface area contributed by atoms with Crippen LogP contribution in [-0.2, 0) is 0 Å². The Hall–Kier alpha value is -2.34. The second kappa shape index (κ2) is 7.28. The fraction of sp³-hybridized carbons (Fsp3) is 0.412. The van der Waals surface area contributed by atoms with E-state index in [1.165, 1.54) is 0 Å². The summed E-state index contributed by atoms with van der Waals surface area (Å²) < 4.78 is 0. The summed E-state index contributed by atoms with van der Waals surface area (Å²) in [5, 5.41) is 29.5. The second-order valence-corrected chi connectivity index (χ2v) is 5.91. The van der Waals surface area contributed by atoms with E-state index in [0.29, 0.717) is 17.7 Å². The Morgan fingerprint density at radius 1 is 1.35 bits per heavy atom. The van der Waals surface area contributed by atoms with Gasteiger partial charge in [0.25, 0.3) is 5.91 Å². The molecule has 0 radical (unpaired) electrons. The smallest absolute Gasteiger partial charge is 0.269 e. The molecule has 4 N–H and O–H groups in total. The van der Waals surface area contributed by atoms with Gasteiger partial charge >= 0.3 is 0 Å². The van der Waals surface area contributed by atoms with Crippen LogP contribution in [0.25, 0.3) is 11.3 Å². The number of nitrogens with one attached hydrogen (secondary N) is 2. The van der Waals surface area contributed by atoms with E-state index in [1.54, 1.807) is 30.3 Å².